The van der Waals surface area contributed by atoms with Crippen molar-refractivity contribution >= 4 is 17.7 Å². The van der Waals surface area contributed by atoms with Gasteiger partial charge in [0.05, 0.1) is 30.0 Å². The molecule has 0 aliphatic carbocycles. The summed E-state index contributed by atoms with van der Waals surface area (Å²) in [5, 5.41) is 5.79. The lowest BCUT2D eigenvalue weighted by molar-refractivity contribution is -0.143. The van der Waals surface area contributed by atoms with E-state index in [0.717, 1.165) is 24.0 Å². The number of rotatable bonds is 6. The van der Waals surface area contributed by atoms with E-state index in [-0.39, 0.29) is 23.7 Å². The van der Waals surface area contributed by atoms with E-state index in [1.54, 1.807) is 0 Å². The number of aromatic nitrogens is 4. The van der Waals surface area contributed by atoms with Crippen LogP contribution in [0.4, 0.5) is 34.0 Å². The molecular weight excluding hydrogens is 444 g/mol. The van der Waals surface area contributed by atoms with Crippen LogP contribution in [0, 0.1) is 5.82 Å². The molecule has 8 nitrogen and oxygen atoms in total. The largest absolute Gasteiger partial charge is 0.437 e. The van der Waals surface area contributed by atoms with Crippen LogP contribution in [0.15, 0.2) is 42.9 Å². The zero-order valence-corrected chi connectivity index (χ0v) is 18.3. The standard InChI is InChI=1S/C21H22F4N6O2/c1-12(2)30(13(3)4)16-9-26-19(27-10-16)29-20(32)33-17-11-28-31(18(17)21(23,24)25)15-7-5-6-14(22)8-15/h5-13H,1-4H3,(H,26,27,29,32). The molecule has 0 aliphatic rings. The molecule has 0 fully saturated rings. The molecule has 2 heterocycles. The molecule has 1 aromatic carbocycles. The summed E-state index contributed by atoms with van der Waals surface area (Å²) in [7, 11) is 0. The number of amides is 1. The van der Waals surface area contributed by atoms with Gasteiger partial charge in [-0.3, -0.25) is 5.32 Å². The van der Waals surface area contributed by atoms with E-state index >= 15 is 0 Å². The Balaban J connectivity index is 1.80. The molecule has 0 unspecified atom stereocenters. The van der Waals surface area contributed by atoms with Gasteiger partial charge in [-0.15, -0.1) is 0 Å². The number of benzene rings is 1. The molecule has 0 saturated carbocycles. The van der Waals surface area contributed by atoms with Gasteiger partial charge in [-0.05, 0) is 45.9 Å². The van der Waals surface area contributed by atoms with Gasteiger partial charge in [0, 0.05) is 12.1 Å². The van der Waals surface area contributed by atoms with Crippen LogP contribution in [0.2, 0.25) is 0 Å². The zero-order valence-electron chi connectivity index (χ0n) is 18.3. The van der Waals surface area contributed by atoms with Crippen LogP contribution in [0.5, 0.6) is 5.75 Å². The van der Waals surface area contributed by atoms with Crippen LogP contribution in [-0.2, 0) is 6.18 Å². The minimum atomic E-state index is -4.94. The number of halogens is 4. The van der Waals surface area contributed by atoms with Crippen molar-refractivity contribution in [3.63, 3.8) is 0 Å². The molecule has 1 amide bonds. The highest BCUT2D eigenvalue weighted by molar-refractivity contribution is 5.84. The number of alkyl halides is 3. The Morgan fingerprint density at radius 1 is 1.09 bits per heavy atom. The van der Waals surface area contributed by atoms with E-state index in [2.05, 4.69) is 25.3 Å². The van der Waals surface area contributed by atoms with Crippen LogP contribution in [0.3, 0.4) is 0 Å². The van der Waals surface area contributed by atoms with Gasteiger partial charge in [0.25, 0.3) is 0 Å². The highest BCUT2D eigenvalue weighted by atomic mass is 19.4. The van der Waals surface area contributed by atoms with E-state index in [1.807, 2.05) is 27.7 Å². The zero-order chi connectivity index (χ0) is 24.3. The summed E-state index contributed by atoms with van der Waals surface area (Å²) in [6.07, 6.45) is -2.47. The molecule has 2 aromatic heterocycles. The van der Waals surface area contributed by atoms with Crippen LogP contribution in [-0.4, -0.2) is 37.9 Å². The fraction of sp³-hybridized carbons (Fsp3) is 0.333. The SMILES string of the molecule is CC(C)N(c1cnc(NC(=O)Oc2cnn(-c3cccc(F)c3)c2C(F)(F)F)nc1)C(C)C. The van der Waals surface area contributed by atoms with Crippen LogP contribution < -0.4 is 15.0 Å². The molecule has 0 spiro atoms. The summed E-state index contributed by atoms with van der Waals surface area (Å²) >= 11 is 0. The summed E-state index contributed by atoms with van der Waals surface area (Å²) in [6.45, 7) is 8.02. The second-order valence-corrected chi connectivity index (χ2v) is 7.62. The number of carbonyl (C=O) groups is 1. The number of nitrogens with one attached hydrogen (secondary N) is 1. The number of nitrogens with zero attached hydrogens (tertiary/aromatic N) is 5. The highest BCUT2D eigenvalue weighted by Gasteiger charge is 2.40. The molecule has 0 atom stereocenters. The summed E-state index contributed by atoms with van der Waals surface area (Å²) < 4.78 is 59.7. The van der Waals surface area contributed by atoms with Gasteiger partial charge in [0.2, 0.25) is 5.95 Å². The Hall–Kier alpha value is -3.70. The van der Waals surface area contributed by atoms with E-state index < -0.39 is 29.5 Å². The van der Waals surface area contributed by atoms with Gasteiger partial charge in [0.1, 0.15) is 5.82 Å². The molecule has 3 aromatic rings. The fourth-order valence-electron chi connectivity index (χ4n) is 3.40. The Kier molecular flexibility index (Phi) is 6.84. The van der Waals surface area contributed by atoms with Crippen molar-refractivity contribution in [1.29, 1.82) is 0 Å². The lowest BCUT2D eigenvalue weighted by atomic mass is 10.2. The van der Waals surface area contributed by atoms with Gasteiger partial charge in [-0.25, -0.2) is 23.8 Å². The maximum Gasteiger partial charge on any atom is 0.437 e. The predicted molar refractivity (Wildman–Crippen MR) is 113 cm³/mol. The third kappa shape index (κ3) is 5.57. The third-order valence-electron chi connectivity index (χ3n) is 4.52. The first kappa shape index (κ1) is 24.0. The van der Waals surface area contributed by atoms with Gasteiger partial charge >= 0.3 is 12.3 Å². The second-order valence-electron chi connectivity index (χ2n) is 7.62. The van der Waals surface area contributed by atoms with Crippen molar-refractivity contribution in [2.45, 2.75) is 46.0 Å². The van der Waals surface area contributed by atoms with Gasteiger partial charge in [-0.1, -0.05) is 6.07 Å². The quantitative estimate of drug-likeness (QED) is 0.512. The van der Waals surface area contributed by atoms with Crippen LogP contribution >= 0.6 is 0 Å². The minimum absolute atomic E-state index is 0.151. The van der Waals surface area contributed by atoms with Gasteiger partial charge in [-0.2, -0.15) is 18.3 Å². The second kappa shape index (κ2) is 9.43. The average molecular weight is 466 g/mol. The normalized spacial score (nSPS) is 11.7. The number of ether oxygens (including phenoxy) is 1. The topological polar surface area (TPSA) is 85.2 Å². The predicted octanol–water partition coefficient (Wildman–Crippen LogP) is 5.05. The highest BCUT2D eigenvalue weighted by Crippen LogP contribution is 2.37. The van der Waals surface area contributed by atoms with Crippen molar-refractivity contribution in [2.75, 3.05) is 10.2 Å². The Labute approximate surface area is 187 Å². The van der Waals surface area contributed by atoms with Crippen molar-refractivity contribution < 1.29 is 27.1 Å². The van der Waals surface area contributed by atoms with Gasteiger partial charge < -0.3 is 9.64 Å². The smallest absolute Gasteiger partial charge is 0.406 e. The summed E-state index contributed by atoms with van der Waals surface area (Å²) in [5.41, 5.74) is -0.838. The number of anilines is 2. The van der Waals surface area contributed by atoms with E-state index in [0.29, 0.717) is 4.68 Å². The molecule has 0 aliphatic heterocycles. The lowest BCUT2D eigenvalue weighted by Crippen LogP contribution is -2.37. The molecule has 0 saturated heterocycles. The van der Waals surface area contributed by atoms with Gasteiger partial charge in [0.15, 0.2) is 11.4 Å². The molecule has 12 heteroatoms. The number of hydrogen-bond acceptors (Lipinski definition) is 6. The van der Waals surface area contributed by atoms with Crippen molar-refractivity contribution in [3.05, 3.63) is 54.4 Å². The Morgan fingerprint density at radius 2 is 1.73 bits per heavy atom. The van der Waals surface area contributed by atoms with Crippen molar-refractivity contribution in [3.8, 4) is 11.4 Å². The summed E-state index contributed by atoms with van der Waals surface area (Å²) in [4.78, 5) is 22.3. The lowest BCUT2D eigenvalue weighted by Gasteiger charge is -2.32. The van der Waals surface area contributed by atoms with E-state index in [4.69, 9.17) is 4.74 Å². The molecule has 3 rings (SSSR count). The Morgan fingerprint density at radius 3 is 2.27 bits per heavy atom. The van der Waals surface area contributed by atoms with E-state index in [1.165, 1.54) is 24.5 Å². The minimum Gasteiger partial charge on any atom is -0.406 e. The Bertz CT molecular complexity index is 1100. The molecular formula is C21H22F4N6O2. The average Bonchev–Trinajstić information content (AvgIpc) is 3.13. The maximum absolute atomic E-state index is 13.7. The van der Waals surface area contributed by atoms with E-state index in [9.17, 15) is 22.4 Å². The van der Waals surface area contributed by atoms with Crippen molar-refractivity contribution in [2.24, 2.45) is 0 Å². The maximum atomic E-state index is 13.7. The number of hydrogen-bond donors (Lipinski definition) is 1. The molecule has 0 radical (unpaired) electrons. The summed E-state index contributed by atoms with van der Waals surface area (Å²) in [6, 6.07) is 4.78. The summed E-state index contributed by atoms with van der Waals surface area (Å²) in [5.74, 6) is -1.75. The number of carbonyl (C=O) groups excluding carboxylic acids is 1. The molecule has 0 bridgehead atoms. The first-order chi connectivity index (χ1) is 15.5. The van der Waals surface area contributed by atoms with Crippen LogP contribution in [0.25, 0.3) is 5.69 Å². The molecule has 33 heavy (non-hydrogen) atoms. The van der Waals surface area contributed by atoms with Crippen LogP contribution in [0.1, 0.15) is 33.4 Å². The fourth-order valence-corrected chi connectivity index (χ4v) is 3.40. The third-order valence-corrected chi connectivity index (χ3v) is 4.52. The first-order valence-corrected chi connectivity index (χ1v) is 9.97. The monoisotopic (exact) mass is 466 g/mol. The molecule has 1 N–H and O–H groups in total. The first-order valence-electron chi connectivity index (χ1n) is 9.97. The molecule has 176 valence electrons. The van der Waals surface area contributed by atoms with Crippen molar-refractivity contribution in [1.82, 2.24) is 19.7 Å².